The predicted octanol–water partition coefficient (Wildman–Crippen LogP) is 5.19. The Kier molecular flexibility index (Phi) is 5.93. The normalized spacial score (nSPS) is 15.4. The largest absolute Gasteiger partial charge is 0.485 e. The Morgan fingerprint density at radius 3 is 2.55 bits per heavy atom. The lowest BCUT2D eigenvalue weighted by atomic mass is 10.1. The first-order valence-corrected chi connectivity index (χ1v) is 10.1. The van der Waals surface area contributed by atoms with E-state index >= 15 is 0 Å². The molecule has 1 amide bonds. The van der Waals surface area contributed by atoms with E-state index in [0.29, 0.717) is 35.2 Å². The fraction of sp³-hybridized carbons (Fsp3) is 0.174. The number of hydrogen-bond donors (Lipinski definition) is 1. The highest BCUT2D eigenvalue weighted by Crippen LogP contribution is 2.34. The van der Waals surface area contributed by atoms with Crippen LogP contribution in [0, 0.1) is 0 Å². The van der Waals surface area contributed by atoms with E-state index in [1.165, 1.54) is 0 Å². The molecular weight excluding hydrogens is 407 g/mol. The first-order chi connectivity index (χ1) is 14.1. The second kappa shape index (κ2) is 8.76. The van der Waals surface area contributed by atoms with Gasteiger partial charge in [0.1, 0.15) is 11.9 Å². The number of hydrogen-bond acceptors (Lipinski definition) is 3. The molecule has 1 atom stereocenters. The minimum Gasteiger partial charge on any atom is -0.485 e. The van der Waals surface area contributed by atoms with E-state index < -0.39 is 0 Å². The lowest BCUT2D eigenvalue weighted by Crippen LogP contribution is -2.46. The third-order valence-corrected chi connectivity index (χ3v) is 5.55. The lowest BCUT2D eigenvalue weighted by molar-refractivity contribution is 0.0926. The molecule has 1 aliphatic rings. The topological polar surface area (TPSA) is 41.6 Å². The monoisotopic (exact) mass is 426 g/mol. The predicted molar refractivity (Wildman–Crippen MR) is 117 cm³/mol. The van der Waals surface area contributed by atoms with Crippen molar-refractivity contribution in [3.8, 4) is 5.75 Å². The van der Waals surface area contributed by atoms with Crippen LogP contribution in [0.3, 0.4) is 0 Å². The molecule has 0 aliphatic carbocycles. The number of para-hydroxylation sites is 2. The molecule has 1 N–H and O–H groups in total. The zero-order chi connectivity index (χ0) is 20.2. The fourth-order valence-electron chi connectivity index (χ4n) is 3.39. The second-order valence-electron chi connectivity index (χ2n) is 6.91. The molecule has 0 saturated carbocycles. The van der Waals surface area contributed by atoms with E-state index in [9.17, 15) is 4.79 Å². The van der Waals surface area contributed by atoms with Crippen LogP contribution >= 0.6 is 23.2 Å². The van der Waals surface area contributed by atoms with Gasteiger partial charge in [0.25, 0.3) is 5.91 Å². The maximum absolute atomic E-state index is 12.4. The van der Waals surface area contributed by atoms with Crippen molar-refractivity contribution < 1.29 is 9.53 Å². The summed E-state index contributed by atoms with van der Waals surface area (Å²) in [6.45, 7) is 1.73. The zero-order valence-corrected chi connectivity index (χ0v) is 17.2. The average Bonchev–Trinajstić information content (AvgIpc) is 2.75. The smallest absolute Gasteiger partial charge is 0.251 e. The molecule has 148 valence electrons. The van der Waals surface area contributed by atoms with Crippen LogP contribution in [0.25, 0.3) is 0 Å². The van der Waals surface area contributed by atoms with Gasteiger partial charge in [-0.15, -0.1) is 0 Å². The minimum atomic E-state index is -0.166. The van der Waals surface area contributed by atoms with Crippen LogP contribution in [0.4, 0.5) is 5.69 Å². The molecule has 0 saturated heterocycles. The number of anilines is 1. The van der Waals surface area contributed by atoms with Crippen LogP contribution in [0.1, 0.15) is 15.9 Å². The Labute approximate surface area is 180 Å². The van der Waals surface area contributed by atoms with Gasteiger partial charge in [-0.05, 0) is 42.0 Å². The van der Waals surface area contributed by atoms with Crippen molar-refractivity contribution in [3.05, 3.63) is 94.0 Å². The summed E-state index contributed by atoms with van der Waals surface area (Å²) in [5, 5.41) is 4.05. The molecule has 0 aromatic heterocycles. The number of rotatable bonds is 5. The Morgan fingerprint density at radius 1 is 1.00 bits per heavy atom. The molecule has 29 heavy (non-hydrogen) atoms. The van der Waals surface area contributed by atoms with Crippen molar-refractivity contribution in [3.63, 3.8) is 0 Å². The van der Waals surface area contributed by atoms with Crippen molar-refractivity contribution in [2.24, 2.45) is 0 Å². The summed E-state index contributed by atoms with van der Waals surface area (Å²) in [7, 11) is 0. The quantitative estimate of drug-likeness (QED) is 0.609. The van der Waals surface area contributed by atoms with Gasteiger partial charge in [-0.1, -0.05) is 59.6 Å². The van der Waals surface area contributed by atoms with Crippen molar-refractivity contribution in [1.82, 2.24) is 5.32 Å². The first-order valence-electron chi connectivity index (χ1n) is 9.38. The number of ether oxygens (including phenoxy) is 1. The number of nitrogens with zero attached hydrogens (tertiary/aromatic N) is 1. The van der Waals surface area contributed by atoms with Crippen LogP contribution < -0.4 is 15.0 Å². The molecule has 4 rings (SSSR count). The van der Waals surface area contributed by atoms with E-state index in [1.54, 1.807) is 12.1 Å². The van der Waals surface area contributed by atoms with Gasteiger partial charge >= 0.3 is 0 Å². The fourth-order valence-corrected chi connectivity index (χ4v) is 3.71. The molecule has 0 radical (unpaired) electrons. The van der Waals surface area contributed by atoms with Gasteiger partial charge in [0.15, 0.2) is 0 Å². The Balaban J connectivity index is 1.48. The van der Waals surface area contributed by atoms with Gasteiger partial charge in [-0.3, -0.25) is 4.79 Å². The summed E-state index contributed by atoms with van der Waals surface area (Å²) in [6.07, 6.45) is -0.166. The van der Waals surface area contributed by atoms with E-state index in [-0.39, 0.29) is 12.0 Å². The van der Waals surface area contributed by atoms with Crippen LogP contribution in [0.15, 0.2) is 72.8 Å². The Bertz CT molecular complexity index is 1010. The van der Waals surface area contributed by atoms with Gasteiger partial charge in [-0.2, -0.15) is 0 Å². The average molecular weight is 427 g/mol. The highest BCUT2D eigenvalue weighted by atomic mass is 35.5. The Morgan fingerprint density at radius 2 is 1.76 bits per heavy atom. The van der Waals surface area contributed by atoms with Crippen LogP contribution in [-0.2, 0) is 6.54 Å². The van der Waals surface area contributed by atoms with E-state index in [1.807, 2.05) is 60.7 Å². The molecule has 1 unspecified atom stereocenters. The number of halogens is 2. The van der Waals surface area contributed by atoms with Crippen molar-refractivity contribution in [2.75, 3.05) is 18.0 Å². The number of nitrogens with one attached hydrogen (secondary N) is 1. The summed E-state index contributed by atoms with van der Waals surface area (Å²) < 4.78 is 6.13. The highest BCUT2D eigenvalue weighted by Gasteiger charge is 2.26. The SMILES string of the molecule is O=C(NCC1CN(Cc2ccc(Cl)c(Cl)c2)c2ccccc2O1)c1ccccc1. The molecule has 0 spiro atoms. The lowest BCUT2D eigenvalue weighted by Gasteiger charge is -2.36. The number of carbonyl (C=O) groups is 1. The van der Waals surface area contributed by atoms with E-state index in [4.69, 9.17) is 27.9 Å². The van der Waals surface area contributed by atoms with Gasteiger partial charge < -0.3 is 15.0 Å². The zero-order valence-electron chi connectivity index (χ0n) is 15.6. The minimum absolute atomic E-state index is 0.107. The van der Waals surface area contributed by atoms with Crippen molar-refractivity contribution in [2.45, 2.75) is 12.6 Å². The molecule has 3 aromatic carbocycles. The standard InChI is InChI=1S/C23H20Cl2N2O2/c24-19-11-10-16(12-20(19)25)14-27-15-18(29-22-9-5-4-8-21(22)27)13-26-23(28)17-6-2-1-3-7-17/h1-12,18H,13-15H2,(H,26,28). The third kappa shape index (κ3) is 4.66. The molecule has 6 heteroatoms. The number of benzene rings is 3. The first kappa shape index (κ1) is 19.6. The number of carbonyl (C=O) groups excluding carboxylic acids is 1. The summed E-state index contributed by atoms with van der Waals surface area (Å²) in [5.74, 6) is 0.696. The van der Waals surface area contributed by atoms with Crippen LogP contribution in [-0.4, -0.2) is 25.1 Å². The summed E-state index contributed by atoms with van der Waals surface area (Å²) >= 11 is 12.2. The van der Waals surface area contributed by atoms with Gasteiger partial charge in [0.2, 0.25) is 0 Å². The maximum Gasteiger partial charge on any atom is 0.251 e. The molecule has 0 bridgehead atoms. The van der Waals surface area contributed by atoms with Crippen molar-refractivity contribution in [1.29, 1.82) is 0 Å². The maximum atomic E-state index is 12.4. The third-order valence-electron chi connectivity index (χ3n) is 4.81. The number of amides is 1. The molecule has 3 aromatic rings. The molecule has 1 heterocycles. The van der Waals surface area contributed by atoms with Gasteiger partial charge in [0, 0.05) is 12.1 Å². The summed E-state index contributed by atoms with van der Waals surface area (Å²) in [5.41, 5.74) is 2.71. The second-order valence-corrected chi connectivity index (χ2v) is 7.73. The van der Waals surface area contributed by atoms with Crippen LogP contribution in [0.2, 0.25) is 10.0 Å². The Hall–Kier alpha value is -2.69. The van der Waals surface area contributed by atoms with E-state index in [2.05, 4.69) is 10.2 Å². The molecule has 0 fully saturated rings. The van der Waals surface area contributed by atoms with Crippen LogP contribution in [0.5, 0.6) is 5.75 Å². The van der Waals surface area contributed by atoms with Gasteiger partial charge in [-0.25, -0.2) is 0 Å². The molecular formula is C23H20Cl2N2O2. The molecule has 1 aliphatic heterocycles. The molecule has 4 nitrogen and oxygen atoms in total. The summed E-state index contributed by atoms with van der Waals surface area (Å²) in [6, 6.07) is 22.7. The summed E-state index contributed by atoms with van der Waals surface area (Å²) in [4.78, 5) is 14.6. The highest BCUT2D eigenvalue weighted by molar-refractivity contribution is 6.42. The van der Waals surface area contributed by atoms with E-state index in [0.717, 1.165) is 17.0 Å². The number of fused-ring (bicyclic) bond motifs is 1. The van der Waals surface area contributed by atoms with Crippen molar-refractivity contribution >= 4 is 34.8 Å². The van der Waals surface area contributed by atoms with Gasteiger partial charge in [0.05, 0.1) is 28.8 Å².